The number of aromatic nitrogens is 2. The molecule has 2 N–H and O–H groups in total. The Hall–Kier alpha value is -1.40. The van der Waals surface area contributed by atoms with E-state index in [1.807, 2.05) is 18.2 Å². The number of hydrogen-bond donors (Lipinski definition) is 1. The van der Waals surface area contributed by atoms with Gasteiger partial charge in [0.25, 0.3) is 0 Å². The first-order valence-electron chi connectivity index (χ1n) is 7.05. The van der Waals surface area contributed by atoms with E-state index in [0.29, 0.717) is 18.1 Å². The monoisotopic (exact) mass is 351 g/mol. The van der Waals surface area contributed by atoms with Crippen LogP contribution in [0.15, 0.2) is 27.2 Å². The van der Waals surface area contributed by atoms with Crippen molar-refractivity contribution >= 4 is 15.9 Å². The smallest absolute Gasteiger partial charge is 0.228 e. The Morgan fingerprint density at radius 3 is 2.81 bits per heavy atom. The average Bonchev–Trinajstić information content (AvgIpc) is 3.08. The number of hydrogen-bond acceptors (Lipinski definition) is 5. The van der Waals surface area contributed by atoms with Crippen LogP contribution in [0.25, 0.3) is 11.4 Å². The van der Waals surface area contributed by atoms with Crippen LogP contribution in [0.5, 0.6) is 5.75 Å². The van der Waals surface area contributed by atoms with Gasteiger partial charge in [0.15, 0.2) is 0 Å². The lowest BCUT2D eigenvalue weighted by molar-refractivity contribution is 0.329. The largest absolute Gasteiger partial charge is 0.496 e. The summed E-state index contributed by atoms with van der Waals surface area (Å²) in [5.41, 5.74) is 7.06. The van der Waals surface area contributed by atoms with Crippen LogP contribution in [0.3, 0.4) is 0 Å². The molecule has 1 saturated carbocycles. The molecule has 0 radical (unpaired) electrons. The van der Waals surface area contributed by atoms with Gasteiger partial charge in [-0.15, -0.1) is 0 Å². The maximum atomic E-state index is 6.35. The standard InChI is InChI=1S/C15H18BrN3O2/c1-20-12-5-4-10(8-11(12)16)14-18-13(21-19-14)9-15(17)6-2-3-7-15/h4-5,8H,2-3,6-7,9,17H2,1H3. The molecule has 1 aromatic heterocycles. The Labute approximate surface area is 132 Å². The van der Waals surface area contributed by atoms with Gasteiger partial charge in [-0.05, 0) is 47.0 Å². The van der Waals surface area contributed by atoms with E-state index in [1.165, 1.54) is 12.8 Å². The Kier molecular flexibility index (Phi) is 3.99. The molecular weight excluding hydrogens is 334 g/mol. The molecule has 0 spiro atoms. The molecule has 21 heavy (non-hydrogen) atoms. The Morgan fingerprint density at radius 1 is 1.38 bits per heavy atom. The van der Waals surface area contributed by atoms with Crippen LogP contribution in [-0.2, 0) is 6.42 Å². The maximum Gasteiger partial charge on any atom is 0.228 e. The molecule has 0 bridgehead atoms. The molecule has 0 saturated heterocycles. The third-order valence-corrected chi connectivity index (χ3v) is 4.60. The third-order valence-electron chi connectivity index (χ3n) is 3.98. The van der Waals surface area contributed by atoms with Gasteiger partial charge in [-0.25, -0.2) is 0 Å². The van der Waals surface area contributed by atoms with E-state index in [4.69, 9.17) is 15.0 Å². The molecule has 1 heterocycles. The van der Waals surface area contributed by atoms with E-state index in [2.05, 4.69) is 26.1 Å². The van der Waals surface area contributed by atoms with E-state index >= 15 is 0 Å². The number of benzene rings is 1. The van der Waals surface area contributed by atoms with Gasteiger partial charge in [-0.3, -0.25) is 0 Å². The molecule has 112 valence electrons. The summed E-state index contributed by atoms with van der Waals surface area (Å²) in [6, 6.07) is 5.70. The van der Waals surface area contributed by atoms with Crippen molar-refractivity contribution in [3.8, 4) is 17.1 Å². The lowest BCUT2D eigenvalue weighted by atomic mass is 9.95. The number of halogens is 1. The van der Waals surface area contributed by atoms with E-state index in [1.54, 1.807) is 7.11 Å². The number of nitrogens with two attached hydrogens (primary N) is 1. The van der Waals surface area contributed by atoms with Crippen LogP contribution in [0, 0.1) is 0 Å². The topological polar surface area (TPSA) is 74.2 Å². The van der Waals surface area contributed by atoms with E-state index in [0.717, 1.165) is 28.6 Å². The lowest BCUT2D eigenvalue weighted by Crippen LogP contribution is -2.38. The SMILES string of the molecule is COc1ccc(-c2noc(CC3(N)CCCC3)n2)cc1Br. The van der Waals surface area contributed by atoms with Crippen molar-refractivity contribution in [2.45, 2.75) is 37.6 Å². The van der Waals surface area contributed by atoms with Crippen molar-refractivity contribution in [1.82, 2.24) is 10.1 Å². The Balaban J connectivity index is 1.79. The zero-order valence-corrected chi connectivity index (χ0v) is 13.5. The van der Waals surface area contributed by atoms with Gasteiger partial charge in [-0.1, -0.05) is 18.0 Å². The van der Waals surface area contributed by atoms with Crippen molar-refractivity contribution < 1.29 is 9.26 Å². The fraction of sp³-hybridized carbons (Fsp3) is 0.467. The zero-order valence-electron chi connectivity index (χ0n) is 11.9. The first-order valence-corrected chi connectivity index (χ1v) is 7.84. The molecule has 3 rings (SSSR count). The van der Waals surface area contributed by atoms with Crippen molar-refractivity contribution in [2.75, 3.05) is 7.11 Å². The van der Waals surface area contributed by atoms with Gasteiger partial charge in [0.05, 0.1) is 11.6 Å². The molecule has 1 aromatic carbocycles. The molecule has 2 aromatic rings. The second-order valence-electron chi connectivity index (χ2n) is 5.61. The molecule has 1 aliphatic rings. The van der Waals surface area contributed by atoms with E-state index < -0.39 is 0 Å². The summed E-state index contributed by atoms with van der Waals surface area (Å²) in [6.07, 6.45) is 5.07. The summed E-state index contributed by atoms with van der Waals surface area (Å²) < 4.78 is 11.4. The van der Waals surface area contributed by atoms with E-state index in [9.17, 15) is 0 Å². The summed E-state index contributed by atoms with van der Waals surface area (Å²) in [5, 5.41) is 4.05. The van der Waals surface area contributed by atoms with Crippen LogP contribution in [0.2, 0.25) is 0 Å². The number of rotatable bonds is 4. The highest BCUT2D eigenvalue weighted by Crippen LogP contribution is 2.32. The van der Waals surface area contributed by atoms with Gasteiger partial charge in [0.2, 0.25) is 11.7 Å². The van der Waals surface area contributed by atoms with Crippen molar-refractivity contribution in [3.63, 3.8) is 0 Å². The van der Waals surface area contributed by atoms with Gasteiger partial charge in [0.1, 0.15) is 5.75 Å². The highest BCUT2D eigenvalue weighted by atomic mass is 79.9. The summed E-state index contributed by atoms with van der Waals surface area (Å²) in [4.78, 5) is 4.47. The quantitative estimate of drug-likeness (QED) is 0.914. The molecule has 0 amide bonds. The normalized spacial score (nSPS) is 17.1. The predicted molar refractivity (Wildman–Crippen MR) is 83.1 cm³/mol. The Morgan fingerprint density at radius 2 is 2.14 bits per heavy atom. The van der Waals surface area contributed by atoms with Crippen molar-refractivity contribution in [1.29, 1.82) is 0 Å². The zero-order chi connectivity index (χ0) is 14.9. The van der Waals surface area contributed by atoms with Gasteiger partial charge >= 0.3 is 0 Å². The van der Waals surface area contributed by atoms with Crippen LogP contribution < -0.4 is 10.5 Å². The number of methoxy groups -OCH3 is 1. The fourth-order valence-electron chi connectivity index (χ4n) is 2.81. The Bertz CT molecular complexity index is 636. The molecule has 0 aliphatic heterocycles. The molecule has 5 nitrogen and oxygen atoms in total. The number of nitrogens with zero attached hydrogens (tertiary/aromatic N) is 2. The maximum absolute atomic E-state index is 6.35. The molecule has 0 atom stereocenters. The minimum Gasteiger partial charge on any atom is -0.496 e. The molecule has 1 fully saturated rings. The first kappa shape index (κ1) is 14.5. The van der Waals surface area contributed by atoms with Crippen LogP contribution in [0.1, 0.15) is 31.6 Å². The predicted octanol–water partition coefficient (Wildman–Crippen LogP) is 3.32. The van der Waals surface area contributed by atoms with Crippen LogP contribution >= 0.6 is 15.9 Å². The number of ether oxygens (including phenoxy) is 1. The van der Waals surface area contributed by atoms with Crippen LogP contribution in [0.4, 0.5) is 0 Å². The summed E-state index contributed by atoms with van der Waals surface area (Å²) in [5.74, 6) is 1.96. The molecule has 6 heteroatoms. The summed E-state index contributed by atoms with van der Waals surface area (Å²) >= 11 is 3.46. The first-order chi connectivity index (χ1) is 10.1. The molecule has 1 aliphatic carbocycles. The van der Waals surface area contributed by atoms with Crippen molar-refractivity contribution in [3.05, 3.63) is 28.6 Å². The second-order valence-corrected chi connectivity index (χ2v) is 6.46. The van der Waals surface area contributed by atoms with Gasteiger partial charge in [-0.2, -0.15) is 4.98 Å². The lowest BCUT2D eigenvalue weighted by Gasteiger charge is -2.20. The molecule has 0 unspecified atom stereocenters. The van der Waals surface area contributed by atoms with Gasteiger partial charge in [0, 0.05) is 17.5 Å². The van der Waals surface area contributed by atoms with Crippen LogP contribution in [-0.4, -0.2) is 22.8 Å². The minimum absolute atomic E-state index is 0.176. The summed E-state index contributed by atoms with van der Waals surface area (Å²) in [6.45, 7) is 0. The highest BCUT2D eigenvalue weighted by Gasteiger charge is 2.31. The second kappa shape index (κ2) is 5.77. The summed E-state index contributed by atoms with van der Waals surface area (Å²) in [7, 11) is 1.63. The van der Waals surface area contributed by atoms with Crippen molar-refractivity contribution in [2.24, 2.45) is 5.73 Å². The average molecular weight is 352 g/mol. The fourth-order valence-corrected chi connectivity index (χ4v) is 3.35. The van der Waals surface area contributed by atoms with E-state index in [-0.39, 0.29) is 5.54 Å². The minimum atomic E-state index is -0.176. The molecular formula is C15H18BrN3O2. The van der Waals surface area contributed by atoms with Gasteiger partial charge < -0.3 is 15.0 Å². The third kappa shape index (κ3) is 3.11. The highest BCUT2D eigenvalue weighted by molar-refractivity contribution is 9.10.